The zero-order valence-corrected chi connectivity index (χ0v) is 18.9. The zero-order valence-electron chi connectivity index (χ0n) is 17.2. The number of hydrogen-bond acceptors (Lipinski definition) is 3. The standard InChI is InChI=1S/C25H29NO2S2/c27-30(28,25-14-21-11-22(15-25)13-23(12-21)16-25)24(29)26(17-19-7-3-1-4-8-19)18-20-9-5-2-6-10-20/h1-10,21-23H,11-18H2. The first kappa shape index (κ1) is 20.2. The van der Waals surface area contributed by atoms with Crippen molar-refractivity contribution >= 4 is 26.4 Å². The van der Waals surface area contributed by atoms with Crippen LogP contribution in [0.15, 0.2) is 60.7 Å². The third kappa shape index (κ3) is 3.60. The van der Waals surface area contributed by atoms with Gasteiger partial charge in [-0.05, 0) is 79.6 Å². The highest BCUT2D eigenvalue weighted by molar-refractivity contribution is 8.17. The summed E-state index contributed by atoms with van der Waals surface area (Å²) < 4.78 is 27.6. The molecule has 0 atom stereocenters. The quantitative estimate of drug-likeness (QED) is 0.588. The lowest BCUT2D eigenvalue weighted by Crippen LogP contribution is -2.57. The Kier molecular flexibility index (Phi) is 5.22. The molecule has 0 spiro atoms. The van der Waals surface area contributed by atoms with Gasteiger partial charge in [0.25, 0.3) is 0 Å². The van der Waals surface area contributed by atoms with Gasteiger partial charge < -0.3 is 4.90 Å². The molecule has 4 aliphatic carbocycles. The van der Waals surface area contributed by atoms with Gasteiger partial charge in [-0.3, -0.25) is 0 Å². The van der Waals surface area contributed by atoms with E-state index in [0.717, 1.165) is 30.4 Å². The molecule has 0 aliphatic heterocycles. The van der Waals surface area contributed by atoms with E-state index in [1.807, 2.05) is 65.6 Å². The van der Waals surface area contributed by atoms with Crippen molar-refractivity contribution in [2.45, 2.75) is 56.4 Å². The first-order valence-corrected chi connectivity index (χ1v) is 13.0. The van der Waals surface area contributed by atoms with E-state index in [1.165, 1.54) is 19.3 Å². The number of benzene rings is 2. The normalized spacial score (nSPS) is 29.7. The molecule has 0 radical (unpaired) electrons. The second-order valence-corrected chi connectivity index (χ2v) is 12.6. The van der Waals surface area contributed by atoms with Gasteiger partial charge >= 0.3 is 0 Å². The van der Waals surface area contributed by atoms with E-state index >= 15 is 0 Å². The maximum atomic E-state index is 14.0. The fourth-order valence-electron chi connectivity index (χ4n) is 6.51. The van der Waals surface area contributed by atoms with Gasteiger partial charge in [-0.25, -0.2) is 8.42 Å². The Morgan fingerprint density at radius 1 is 0.800 bits per heavy atom. The van der Waals surface area contributed by atoms with Crippen molar-refractivity contribution in [2.24, 2.45) is 17.8 Å². The Balaban J connectivity index is 1.46. The molecule has 0 amide bonds. The highest BCUT2D eigenvalue weighted by atomic mass is 32.2. The molecule has 0 N–H and O–H groups in total. The first-order chi connectivity index (χ1) is 14.5. The molecule has 158 valence electrons. The van der Waals surface area contributed by atoms with E-state index in [9.17, 15) is 8.42 Å². The van der Waals surface area contributed by atoms with Crippen LogP contribution >= 0.6 is 12.2 Å². The molecule has 4 bridgehead atoms. The lowest BCUT2D eigenvalue weighted by atomic mass is 9.56. The van der Waals surface area contributed by atoms with Crippen LogP contribution in [0.2, 0.25) is 0 Å². The van der Waals surface area contributed by atoms with Crippen molar-refractivity contribution in [2.75, 3.05) is 0 Å². The van der Waals surface area contributed by atoms with E-state index in [4.69, 9.17) is 12.2 Å². The van der Waals surface area contributed by atoms with Crippen LogP contribution in [0.5, 0.6) is 0 Å². The molecule has 2 aromatic rings. The summed E-state index contributed by atoms with van der Waals surface area (Å²) in [7, 11) is -3.54. The summed E-state index contributed by atoms with van der Waals surface area (Å²) in [6.45, 7) is 1.03. The average molecular weight is 440 g/mol. The van der Waals surface area contributed by atoms with E-state index in [1.54, 1.807) is 0 Å². The van der Waals surface area contributed by atoms with Crippen LogP contribution < -0.4 is 0 Å². The highest BCUT2D eigenvalue weighted by Crippen LogP contribution is 2.59. The van der Waals surface area contributed by atoms with Crippen LogP contribution in [0.1, 0.15) is 49.7 Å². The minimum Gasteiger partial charge on any atom is -0.345 e. The predicted octanol–water partition coefficient (Wildman–Crippen LogP) is 5.36. The molecule has 6 rings (SSSR count). The summed E-state index contributed by atoms with van der Waals surface area (Å²) in [5.74, 6) is 1.72. The van der Waals surface area contributed by atoms with Crippen LogP contribution in [0.3, 0.4) is 0 Å². The van der Waals surface area contributed by atoms with Crippen LogP contribution in [-0.4, -0.2) is 22.4 Å². The minimum atomic E-state index is -3.54. The van der Waals surface area contributed by atoms with Crippen molar-refractivity contribution in [3.8, 4) is 0 Å². The molecule has 0 aromatic heterocycles. The minimum absolute atomic E-state index is 0.150. The average Bonchev–Trinajstić information content (AvgIpc) is 2.73. The number of thiocarbonyl (C=S) groups is 1. The van der Waals surface area contributed by atoms with Gasteiger partial charge in [-0.2, -0.15) is 0 Å². The molecule has 4 fully saturated rings. The SMILES string of the molecule is O=S(=O)(C(=S)N(Cc1ccccc1)Cc1ccccc1)C12CC3CC(CC(C3)C1)C2. The second kappa shape index (κ2) is 7.76. The van der Waals surface area contributed by atoms with Crippen molar-refractivity contribution in [1.82, 2.24) is 4.90 Å². The summed E-state index contributed by atoms with van der Waals surface area (Å²) in [6.07, 6.45) is 6.10. The smallest absolute Gasteiger partial charge is 0.209 e. The molecular formula is C25H29NO2S2. The van der Waals surface area contributed by atoms with Gasteiger partial charge in [0.1, 0.15) is 0 Å². The molecule has 30 heavy (non-hydrogen) atoms. The van der Waals surface area contributed by atoms with E-state index in [-0.39, 0.29) is 4.32 Å². The lowest BCUT2D eigenvalue weighted by molar-refractivity contribution is 0.0345. The van der Waals surface area contributed by atoms with Gasteiger partial charge in [-0.1, -0.05) is 60.7 Å². The number of hydrogen-bond donors (Lipinski definition) is 0. The topological polar surface area (TPSA) is 37.4 Å². The largest absolute Gasteiger partial charge is 0.345 e. The molecule has 5 heteroatoms. The highest BCUT2D eigenvalue weighted by Gasteiger charge is 2.58. The van der Waals surface area contributed by atoms with Crippen LogP contribution in [-0.2, 0) is 22.9 Å². The van der Waals surface area contributed by atoms with Crippen molar-refractivity contribution < 1.29 is 8.42 Å². The van der Waals surface area contributed by atoms with E-state index < -0.39 is 14.6 Å². The fraction of sp³-hybridized carbons (Fsp3) is 0.480. The molecule has 3 nitrogen and oxygen atoms in total. The van der Waals surface area contributed by atoms with E-state index in [2.05, 4.69) is 0 Å². The molecule has 4 aliphatic rings. The molecule has 2 aromatic carbocycles. The maximum absolute atomic E-state index is 14.0. The van der Waals surface area contributed by atoms with Crippen molar-refractivity contribution in [3.63, 3.8) is 0 Å². The third-order valence-corrected chi connectivity index (χ3v) is 10.7. The number of rotatable bonds is 5. The van der Waals surface area contributed by atoms with Crippen LogP contribution in [0.4, 0.5) is 0 Å². The molecule has 0 saturated heterocycles. The molecule has 0 heterocycles. The zero-order chi connectivity index (χ0) is 20.8. The molecule has 4 saturated carbocycles. The van der Waals surface area contributed by atoms with Crippen molar-refractivity contribution in [3.05, 3.63) is 71.8 Å². The summed E-state index contributed by atoms with van der Waals surface area (Å²) in [5, 5.41) is 0. The second-order valence-electron chi connectivity index (χ2n) is 9.70. The van der Waals surface area contributed by atoms with Crippen LogP contribution in [0, 0.1) is 17.8 Å². The maximum Gasteiger partial charge on any atom is 0.209 e. The number of nitrogens with zero attached hydrogens (tertiary/aromatic N) is 1. The fourth-order valence-corrected chi connectivity index (χ4v) is 9.37. The van der Waals surface area contributed by atoms with Gasteiger partial charge in [0.05, 0.1) is 4.75 Å². The lowest BCUT2D eigenvalue weighted by Gasteiger charge is -2.56. The molecular weight excluding hydrogens is 410 g/mol. The number of sulfone groups is 1. The molecule has 0 unspecified atom stereocenters. The summed E-state index contributed by atoms with van der Waals surface area (Å²) in [6, 6.07) is 20.1. The van der Waals surface area contributed by atoms with Crippen molar-refractivity contribution in [1.29, 1.82) is 0 Å². The van der Waals surface area contributed by atoms with Gasteiger partial charge in [-0.15, -0.1) is 0 Å². The Morgan fingerprint density at radius 3 is 1.60 bits per heavy atom. The Morgan fingerprint density at radius 2 is 1.20 bits per heavy atom. The predicted molar refractivity (Wildman–Crippen MR) is 125 cm³/mol. The van der Waals surface area contributed by atoms with Gasteiger partial charge in [0.2, 0.25) is 9.84 Å². The Hall–Kier alpha value is -1.72. The Bertz CT molecular complexity index is 941. The Labute approximate surface area is 185 Å². The first-order valence-electron chi connectivity index (χ1n) is 11.1. The van der Waals surface area contributed by atoms with E-state index in [0.29, 0.717) is 30.8 Å². The van der Waals surface area contributed by atoms with Gasteiger partial charge in [0, 0.05) is 13.1 Å². The third-order valence-electron chi connectivity index (χ3n) is 7.47. The summed E-state index contributed by atoms with van der Waals surface area (Å²) in [5.41, 5.74) is 2.16. The summed E-state index contributed by atoms with van der Waals surface area (Å²) >= 11 is 5.78. The van der Waals surface area contributed by atoms with Gasteiger partial charge in [0.15, 0.2) is 4.32 Å². The summed E-state index contributed by atoms with van der Waals surface area (Å²) in [4.78, 5) is 1.91. The monoisotopic (exact) mass is 439 g/mol. The van der Waals surface area contributed by atoms with Crippen LogP contribution in [0.25, 0.3) is 0 Å².